The quantitative estimate of drug-likeness (QED) is 0.688. The minimum absolute atomic E-state index is 0.0376. The van der Waals surface area contributed by atoms with Gasteiger partial charge in [-0.25, -0.2) is 9.97 Å². The Labute approximate surface area is 158 Å². The predicted octanol–water partition coefficient (Wildman–Crippen LogP) is 4.16. The molecule has 0 atom stereocenters. The van der Waals surface area contributed by atoms with Crippen LogP contribution < -0.4 is 15.4 Å². The number of aryl methyl sites for hydroxylation is 3. The van der Waals surface area contributed by atoms with E-state index in [2.05, 4.69) is 20.6 Å². The Kier molecular flexibility index (Phi) is 5.66. The Bertz CT molecular complexity index is 939. The Hall–Kier alpha value is -3.41. The lowest BCUT2D eigenvalue weighted by atomic mass is 10.1. The zero-order valence-corrected chi connectivity index (χ0v) is 15.6. The summed E-state index contributed by atoms with van der Waals surface area (Å²) in [6, 6.07) is 15.1. The zero-order valence-electron chi connectivity index (χ0n) is 15.6. The van der Waals surface area contributed by atoms with Crippen molar-refractivity contribution in [2.24, 2.45) is 0 Å². The number of nitrogens with one attached hydrogen (secondary N) is 2. The number of ether oxygens (including phenoxy) is 1. The molecular weight excluding hydrogens is 340 g/mol. The van der Waals surface area contributed by atoms with Crippen LogP contribution in [-0.4, -0.2) is 22.5 Å². The van der Waals surface area contributed by atoms with Gasteiger partial charge in [-0.05, 0) is 56.7 Å². The summed E-state index contributed by atoms with van der Waals surface area (Å²) in [7, 11) is 0. The molecule has 2 N–H and O–H groups in total. The monoisotopic (exact) mass is 362 g/mol. The summed E-state index contributed by atoms with van der Waals surface area (Å²) in [5.41, 5.74) is 4.64. The van der Waals surface area contributed by atoms with Crippen LogP contribution in [0, 0.1) is 20.8 Å². The van der Waals surface area contributed by atoms with Crippen molar-refractivity contribution in [3.8, 4) is 5.75 Å². The molecule has 1 heterocycles. The van der Waals surface area contributed by atoms with Gasteiger partial charge in [-0.15, -0.1) is 0 Å². The smallest absolute Gasteiger partial charge is 0.262 e. The Balaban J connectivity index is 1.53. The van der Waals surface area contributed by atoms with Crippen LogP contribution in [0.3, 0.4) is 0 Å². The van der Waals surface area contributed by atoms with E-state index in [0.29, 0.717) is 5.69 Å². The molecule has 27 heavy (non-hydrogen) atoms. The van der Waals surface area contributed by atoms with Crippen LogP contribution in [-0.2, 0) is 4.79 Å². The molecule has 138 valence electrons. The topological polar surface area (TPSA) is 76.1 Å². The van der Waals surface area contributed by atoms with E-state index >= 15 is 0 Å². The largest absolute Gasteiger partial charge is 0.483 e. The fourth-order valence-corrected chi connectivity index (χ4v) is 2.61. The summed E-state index contributed by atoms with van der Waals surface area (Å²) >= 11 is 0. The van der Waals surface area contributed by atoms with Crippen molar-refractivity contribution in [2.45, 2.75) is 20.8 Å². The second kappa shape index (κ2) is 8.31. The number of anilines is 3. The highest BCUT2D eigenvalue weighted by Gasteiger charge is 2.06. The van der Waals surface area contributed by atoms with Gasteiger partial charge in [0, 0.05) is 23.1 Å². The van der Waals surface area contributed by atoms with E-state index in [1.807, 2.05) is 69.3 Å². The molecule has 0 saturated carbocycles. The number of nitrogens with zero attached hydrogens (tertiary/aromatic N) is 2. The molecule has 1 amide bonds. The number of rotatable bonds is 6. The molecule has 2 aromatic carbocycles. The summed E-state index contributed by atoms with van der Waals surface area (Å²) < 4.78 is 5.60. The highest BCUT2D eigenvalue weighted by molar-refractivity contribution is 5.92. The average Bonchev–Trinajstić information content (AvgIpc) is 2.63. The number of carbonyl (C=O) groups excluding carboxylic acids is 1. The first-order valence-corrected chi connectivity index (χ1v) is 8.65. The van der Waals surface area contributed by atoms with Gasteiger partial charge < -0.3 is 15.4 Å². The van der Waals surface area contributed by atoms with Crippen LogP contribution in [0.5, 0.6) is 5.75 Å². The number of benzene rings is 2. The van der Waals surface area contributed by atoms with Crippen molar-refractivity contribution in [2.75, 3.05) is 17.2 Å². The Morgan fingerprint density at radius 2 is 1.70 bits per heavy atom. The van der Waals surface area contributed by atoms with Crippen LogP contribution in [0.2, 0.25) is 0 Å². The first kappa shape index (κ1) is 18.4. The van der Waals surface area contributed by atoms with Gasteiger partial charge in [0.2, 0.25) is 0 Å². The molecule has 0 bridgehead atoms. The third-order valence-corrected chi connectivity index (χ3v) is 3.93. The maximum Gasteiger partial charge on any atom is 0.262 e. The maximum atomic E-state index is 12.1. The molecule has 0 saturated heterocycles. The van der Waals surface area contributed by atoms with Gasteiger partial charge in [0.05, 0.1) is 0 Å². The van der Waals surface area contributed by atoms with Gasteiger partial charge in [-0.1, -0.05) is 17.7 Å². The predicted molar refractivity (Wildman–Crippen MR) is 107 cm³/mol. The second-order valence-corrected chi connectivity index (χ2v) is 6.35. The van der Waals surface area contributed by atoms with Gasteiger partial charge >= 0.3 is 0 Å². The van der Waals surface area contributed by atoms with E-state index in [1.54, 1.807) is 0 Å². The highest BCUT2D eigenvalue weighted by Crippen LogP contribution is 2.20. The van der Waals surface area contributed by atoms with Crippen LogP contribution in [0.15, 0.2) is 54.9 Å². The first-order chi connectivity index (χ1) is 13.0. The zero-order chi connectivity index (χ0) is 19.2. The number of hydrogen-bond acceptors (Lipinski definition) is 5. The molecule has 0 unspecified atom stereocenters. The molecule has 0 radical (unpaired) electrons. The van der Waals surface area contributed by atoms with E-state index in [1.165, 1.54) is 6.33 Å². The van der Waals surface area contributed by atoms with Crippen molar-refractivity contribution < 1.29 is 9.53 Å². The Morgan fingerprint density at radius 1 is 0.963 bits per heavy atom. The van der Waals surface area contributed by atoms with Crippen LogP contribution in [0.1, 0.15) is 16.8 Å². The highest BCUT2D eigenvalue weighted by atomic mass is 16.5. The second-order valence-electron chi connectivity index (χ2n) is 6.35. The molecule has 3 aromatic rings. The normalized spacial score (nSPS) is 10.3. The van der Waals surface area contributed by atoms with Gasteiger partial charge in [-0.2, -0.15) is 0 Å². The van der Waals surface area contributed by atoms with Crippen molar-refractivity contribution in [1.29, 1.82) is 0 Å². The molecule has 6 nitrogen and oxygen atoms in total. The third-order valence-electron chi connectivity index (χ3n) is 3.93. The maximum absolute atomic E-state index is 12.1. The fourth-order valence-electron chi connectivity index (χ4n) is 2.61. The lowest BCUT2D eigenvalue weighted by Crippen LogP contribution is -2.20. The third kappa shape index (κ3) is 5.28. The van der Waals surface area contributed by atoms with Gasteiger partial charge in [0.1, 0.15) is 17.9 Å². The van der Waals surface area contributed by atoms with Gasteiger partial charge in [0.15, 0.2) is 6.61 Å². The summed E-state index contributed by atoms with van der Waals surface area (Å²) in [4.78, 5) is 20.3. The molecule has 0 spiro atoms. The molecule has 0 aliphatic carbocycles. The molecular formula is C21H22N4O2. The van der Waals surface area contributed by atoms with Crippen LogP contribution in [0.25, 0.3) is 0 Å². The van der Waals surface area contributed by atoms with Crippen LogP contribution >= 0.6 is 0 Å². The number of amides is 1. The SMILES string of the molecule is Cc1ccc(OCC(=O)Nc2ccc(Nc3cc(C)ncn3)cc2)c(C)c1. The van der Waals surface area contributed by atoms with E-state index < -0.39 is 0 Å². The standard InChI is InChI=1S/C21H22N4O2/c1-14-4-9-19(15(2)10-14)27-12-21(26)25-18-7-5-17(6-8-18)24-20-11-16(3)22-13-23-20/h4-11,13H,12H2,1-3H3,(H,25,26)(H,22,23,24). The summed E-state index contributed by atoms with van der Waals surface area (Å²) in [6.45, 7) is 5.86. The lowest BCUT2D eigenvalue weighted by molar-refractivity contribution is -0.118. The average molecular weight is 362 g/mol. The summed E-state index contributed by atoms with van der Waals surface area (Å²) in [5, 5.41) is 6.02. The van der Waals surface area contributed by atoms with Crippen molar-refractivity contribution in [3.05, 3.63) is 71.7 Å². The molecule has 6 heteroatoms. The number of carbonyl (C=O) groups is 1. The van der Waals surface area contributed by atoms with Crippen molar-refractivity contribution in [1.82, 2.24) is 9.97 Å². The van der Waals surface area contributed by atoms with Gasteiger partial charge in [0.25, 0.3) is 5.91 Å². The molecule has 0 fully saturated rings. The van der Waals surface area contributed by atoms with Crippen molar-refractivity contribution in [3.63, 3.8) is 0 Å². The Morgan fingerprint density at radius 3 is 2.41 bits per heavy atom. The van der Waals surface area contributed by atoms with Crippen molar-refractivity contribution >= 4 is 23.1 Å². The van der Waals surface area contributed by atoms with E-state index in [9.17, 15) is 4.79 Å². The first-order valence-electron chi connectivity index (χ1n) is 8.65. The van der Waals surface area contributed by atoms with E-state index in [-0.39, 0.29) is 12.5 Å². The lowest BCUT2D eigenvalue weighted by Gasteiger charge is -2.11. The van der Waals surface area contributed by atoms with Gasteiger partial charge in [-0.3, -0.25) is 4.79 Å². The fraction of sp³-hybridized carbons (Fsp3) is 0.190. The minimum Gasteiger partial charge on any atom is -0.483 e. The molecule has 1 aromatic heterocycles. The molecule has 0 aliphatic rings. The van der Waals surface area contributed by atoms with E-state index in [0.717, 1.165) is 34.1 Å². The van der Waals surface area contributed by atoms with Crippen LogP contribution in [0.4, 0.5) is 17.2 Å². The minimum atomic E-state index is -0.206. The number of hydrogen-bond donors (Lipinski definition) is 2. The molecule has 0 aliphatic heterocycles. The molecule has 3 rings (SSSR count). The summed E-state index contributed by atoms with van der Waals surface area (Å²) in [5.74, 6) is 1.23. The van der Waals surface area contributed by atoms with E-state index in [4.69, 9.17) is 4.74 Å². The number of aromatic nitrogens is 2. The summed E-state index contributed by atoms with van der Waals surface area (Å²) in [6.07, 6.45) is 1.52.